The molecule has 1 aromatic carbocycles. The maximum atomic E-state index is 13.2. The zero-order chi connectivity index (χ0) is 18.1. The maximum absolute atomic E-state index is 13.2. The van der Waals surface area contributed by atoms with E-state index in [1.807, 2.05) is 47.5 Å². The molecular formula is C21H24N4O. The third-order valence-corrected chi connectivity index (χ3v) is 5.27. The van der Waals surface area contributed by atoms with Crippen LogP contribution in [0.1, 0.15) is 43.7 Å². The summed E-state index contributed by atoms with van der Waals surface area (Å²) in [4.78, 5) is 24.3. The Kier molecular flexibility index (Phi) is 4.45. The van der Waals surface area contributed by atoms with E-state index >= 15 is 0 Å². The molecule has 1 saturated heterocycles. The van der Waals surface area contributed by atoms with E-state index in [4.69, 9.17) is 4.98 Å². The average Bonchev–Trinajstić information content (AvgIpc) is 3.01. The predicted molar refractivity (Wildman–Crippen MR) is 102 cm³/mol. The number of amides is 1. The van der Waals surface area contributed by atoms with Gasteiger partial charge in [-0.15, -0.1) is 0 Å². The molecule has 1 atom stereocenters. The molecule has 3 heterocycles. The van der Waals surface area contributed by atoms with Gasteiger partial charge in [-0.05, 0) is 30.7 Å². The first kappa shape index (κ1) is 16.8. The predicted octanol–water partition coefficient (Wildman–Crippen LogP) is 3.57. The van der Waals surface area contributed by atoms with Crippen LogP contribution in [0.25, 0.3) is 11.0 Å². The third-order valence-electron chi connectivity index (χ3n) is 5.27. The fourth-order valence-electron chi connectivity index (χ4n) is 3.83. The van der Waals surface area contributed by atoms with Gasteiger partial charge >= 0.3 is 0 Å². The standard InChI is InChI=1S/C21H24N4O/c1-3-18(25-19-11-6-5-10-17(19)23-20(25)4-2)21(26)24-13-15(14-24)16-9-7-8-12-22-16/h5-12,15,18H,3-4,13-14H2,1-2H3/t18-/m0/s1. The molecule has 3 aromatic rings. The zero-order valence-electron chi connectivity index (χ0n) is 15.3. The van der Waals surface area contributed by atoms with Gasteiger partial charge in [0, 0.05) is 37.3 Å². The van der Waals surface area contributed by atoms with E-state index in [-0.39, 0.29) is 11.9 Å². The van der Waals surface area contributed by atoms with Crippen molar-refractivity contribution in [2.45, 2.75) is 38.6 Å². The minimum absolute atomic E-state index is 0.192. The number of nitrogens with zero attached hydrogens (tertiary/aromatic N) is 4. The van der Waals surface area contributed by atoms with Crippen LogP contribution in [-0.4, -0.2) is 38.4 Å². The van der Waals surface area contributed by atoms with Crippen molar-refractivity contribution in [2.75, 3.05) is 13.1 Å². The quantitative estimate of drug-likeness (QED) is 0.708. The lowest BCUT2D eigenvalue weighted by Gasteiger charge is -2.41. The van der Waals surface area contributed by atoms with Crippen molar-refractivity contribution < 1.29 is 4.79 Å². The fraction of sp³-hybridized carbons (Fsp3) is 0.381. The van der Waals surface area contributed by atoms with Crippen molar-refractivity contribution in [3.63, 3.8) is 0 Å². The summed E-state index contributed by atoms with van der Waals surface area (Å²) in [5, 5.41) is 0. The number of likely N-dealkylation sites (tertiary alicyclic amines) is 1. The average molecular weight is 348 g/mol. The minimum atomic E-state index is -0.193. The summed E-state index contributed by atoms with van der Waals surface area (Å²) >= 11 is 0. The summed E-state index contributed by atoms with van der Waals surface area (Å²) < 4.78 is 2.14. The number of carbonyl (C=O) groups is 1. The van der Waals surface area contributed by atoms with Crippen molar-refractivity contribution >= 4 is 16.9 Å². The van der Waals surface area contributed by atoms with Crippen molar-refractivity contribution in [2.24, 2.45) is 0 Å². The van der Waals surface area contributed by atoms with Gasteiger partial charge in [0.1, 0.15) is 11.9 Å². The van der Waals surface area contributed by atoms with Crippen LogP contribution < -0.4 is 0 Å². The number of benzene rings is 1. The van der Waals surface area contributed by atoms with Crippen LogP contribution in [0.3, 0.4) is 0 Å². The normalized spacial score (nSPS) is 15.8. The van der Waals surface area contributed by atoms with Gasteiger partial charge in [-0.1, -0.05) is 32.0 Å². The van der Waals surface area contributed by atoms with E-state index in [1.165, 1.54) is 0 Å². The van der Waals surface area contributed by atoms with Crippen molar-refractivity contribution in [3.8, 4) is 0 Å². The summed E-state index contributed by atoms with van der Waals surface area (Å²) in [5.41, 5.74) is 3.09. The third kappa shape index (κ3) is 2.77. The van der Waals surface area contributed by atoms with Gasteiger partial charge < -0.3 is 9.47 Å². The second-order valence-electron chi connectivity index (χ2n) is 6.86. The molecular weight excluding hydrogens is 324 g/mol. The molecule has 1 amide bonds. The number of fused-ring (bicyclic) bond motifs is 1. The number of pyridine rings is 1. The number of para-hydroxylation sites is 2. The molecule has 1 fully saturated rings. The van der Waals surface area contributed by atoms with Crippen LogP contribution in [0.2, 0.25) is 0 Å². The van der Waals surface area contributed by atoms with E-state index < -0.39 is 0 Å². The molecule has 5 nitrogen and oxygen atoms in total. The smallest absolute Gasteiger partial charge is 0.245 e. The molecule has 0 aliphatic carbocycles. The molecule has 0 bridgehead atoms. The molecule has 0 unspecified atom stereocenters. The summed E-state index contributed by atoms with van der Waals surface area (Å²) in [6, 6.07) is 13.9. The van der Waals surface area contributed by atoms with E-state index in [1.54, 1.807) is 0 Å². The number of rotatable bonds is 5. The molecule has 1 aliphatic rings. The number of aromatic nitrogens is 3. The molecule has 0 N–H and O–H groups in total. The summed E-state index contributed by atoms with van der Waals surface area (Å²) in [6.07, 6.45) is 3.39. The second-order valence-corrected chi connectivity index (χ2v) is 6.86. The van der Waals surface area contributed by atoms with E-state index in [0.29, 0.717) is 5.92 Å². The highest BCUT2D eigenvalue weighted by Gasteiger charge is 2.36. The lowest BCUT2D eigenvalue weighted by atomic mass is 9.94. The van der Waals surface area contributed by atoms with Gasteiger partial charge in [0.25, 0.3) is 0 Å². The first-order valence-corrected chi connectivity index (χ1v) is 9.38. The number of imidazole rings is 1. The maximum Gasteiger partial charge on any atom is 0.245 e. The number of hydrogen-bond acceptors (Lipinski definition) is 3. The van der Waals surface area contributed by atoms with Crippen molar-refractivity contribution in [1.29, 1.82) is 0 Å². The summed E-state index contributed by atoms with van der Waals surface area (Å²) in [5.74, 6) is 1.52. The van der Waals surface area contributed by atoms with Gasteiger partial charge in [-0.25, -0.2) is 4.98 Å². The van der Waals surface area contributed by atoms with Crippen LogP contribution >= 0.6 is 0 Å². The van der Waals surface area contributed by atoms with Crippen LogP contribution in [0.15, 0.2) is 48.7 Å². The lowest BCUT2D eigenvalue weighted by molar-refractivity contribution is -0.139. The van der Waals surface area contributed by atoms with E-state index in [0.717, 1.165) is 48.5 Å². The van der Waals surface area contributed by atoms with Gasteiger partial charge in [-0.3, -0.25) is 9.78 Å². The number of hydrogen-bond donors (Lipinski definition) is 0. The Balaban J connectivity index is 1.58. The molecule has 5 heteroatoms. The Morgan fingerprint density at radius 3 is 2.62 bits per heavy atom. The van der Waals surface area contributed by atoms with Crippen LogP contribution in [0.5, 0.6) is 0 Å². The molecule has 0 saturated carbocycles. The number of carbonyl (C=O) groups excluding carboxylic acids is 1. The van der Waals surface area contributed by atoms with Gasteiger partial charge in [0.2, 0.25) is 5.91 Å². The second kappa shape index (κ2) is 6.90. The van der Waals surface area contributed by atoms with Crippen molar-refractivity contribution in [1.82, 2.24) is 19.4 Å². The van der Waals surface area contributed by atoms with Gasteiger partial charge in [0.05, 0.1) is 11.0 Å². The Morgan fingerprint density at radius 2 is 1.92 bits per heavy atom. The highest BCUT2D eigenvalue weighted by molar-refractivity contribution is 5.85. The molecule has 26 heavy (non-hydrogen) atoms. The summed E-state index contributed by atoms with van der Waals surface area (Å²) in [7, 11) is 0. The first-order chi connectivity index (χ1) is 12.7. The largest absolute Gasteiger partial charge is 0.339 e. The fourth-order valence-corrected chi connectivity index (χ4v) is 3.83. The molecule has 2 aromatic heterocycles. The van der Waals surface area contributed by atoms with Gasteiger partial charge in [0.15, 0.2) is 0 Å². The topological polar surface area (TPSA) is 51.0 Å². The molecule has 1 aliphatic heterocycles. The SMILES string of the molecule is CCc1nc2ccccc2n1[C@@H](CC)C(=O)N1CC(c2ccccn2)C1. The molecule has 0 spiro atoms. The molecule has 134 valence electrons. The Labute approximate surface area is 153 Å². The highest BCUT2D eigenvalue weighted by atomic mass is 16.2. The lowest BCUT2D eigenvalue weighted by Crippen LogP contribution is -2.51. The first-order valence-electron chi connectivity index (χ1n) is 9.38. The Morgan fingerprint density at radius 1 is 1.15 bits per heavy atom. The zero-order valence-corrected chi connectivity index (χ0v) is 15.3. The van der Waals surface area contributed by atoms with Gasteiger partial charge in [-0.2, -0.15) is 0 Å². The molecule has 0 radical (unpaired) electrons. The molecule has 4 rings (SSSR count). The minimum Gasteiger partial charge on any atom is -0.339 e. The Bertz CT molecular complexity index is 912. The van der Waals surface area contributed by atoms with Crippen LogP contribution in [-0.2, 0) is 11.2 Å². The monoisotopic (exact) mass is 348 g/mol. The van der Waals surface area contributed by atoms with E-state index in [9.17, 15) is 4.79 Å². The summed E-state index contributed by atoms with van der Waals surface area (Å²) in [6.45, 7) is 5.67. The van der Waals surface area contributed by atoms with Crippen molar-refractivity contribution in [3.05, 3.63) is 60.2 Å². The highest BCUT2D eigenvalue weighted by Crippen LogP contribution is 2.31. The Hall–Kier alpha value is -2.69. The number of aryl methyl sites for hydroxylation is 1. The van der Waals surface area contributed by atoms with Crippen LogP contribution in [0.4, 0.5) is 0 Å². The van der Waals surface area contributed by atoms with Crippen LogP contribution in [0, 0.1) is 0 Å². The van der Waals surface area contributed by atoms with E-state index in [2.05, 4.69) is 29.5 Å².